The van der Waals surface area contributed by atoms with Crippen LogP contribution in [0, 0.1) is 0 Å². The maximum Gasteiger partial charge on any atom is 0.210 e. The molecule has 0 spiro atoms. The number of hydrogen-bond donors (Lipinski definition) is 0. The molecule has 1 aliphatic heterocycles. The summed E-state index contributed by atoms with van der Waals surface area (Å²) in [6, 6.07) is 18.1. The van der Waals surface area contributed by atoms with Gasteiger partial charge >= 0.3 is 0 Å². The Morgan fingerprint density at radius 2 is 1.64 bits per heavy atom. The number of fused-ring (bicyclic) bond motifs is 2. The second-order valence-corrected chi connectivity index (χ2v) is 12.0. The fourth-order valence-electron chi connectivity index (χ4n) is 5.14. The van der Waals surface area contributed by atoms with Crippen molar-refractivity contribution in [1.82, 2.24) is 4.90 Å². The van der Waals surface area contributed by atoms with Crippen molar-refractivity contribution in [2.24, 2.45) is 0 Å². The summed E-state index contributed by atoms with van der Waals surface area (Å²) in [7, 11) is -0.439. The van der Waals surface area contributed by atoms with Gasteiger partial charge in [-0.2, -0.15) is 0 Å². The highest BCUT2D eigenvalue weighted by Crippen LogP contribution is 2.38. The molecule has 5 rings (SSSR count). The van der Waals surface area contributed by atoms with Crippen LogP contribution in [-0.4, -0.2) is 47.2 Å². The highest BCUT2D eigenvalue weighted by Gasteiger charge is 2.29. The number of rotatable bonds is 10. The van der Waals surface area contributed by atoms with Crippen LogP contribution < -0.4 is 14.2 Å². The quantitative estimate of drug-likeness (QED) is 0.217. The zero-order chi connectivity index (χ0) is 27.6. The Balaban J connectivity index is 1.20. The second-order valence-electron chi connectivity index (χ2n) is 10.1. The Morgan fingerprint density at radius 3 is 2.33 bits per heavy atom. The molecule has 0 unspecified atom stereocenters. The molecule has 206 valence electrons. The lowest BCUT2D eigenvalue weighted by Gasteiger charge is -2.29. The highest BCUT2D eigenvalue weighted by atomic mass is 32.2. The van der Waals surface area contributed by atoms with E-state index in [9.17, 15) is 8.42 Å². The van der Waals surface area contributed by atoms with E-state index in [2.05, 4.69) is 17.0 Å². The van der Waals surface area contributed by atoms with E-state index in [-0.39, 0.29) is 15.7 Å². The topological polar surface area (TPSA) is 78.2 Å². The summed E-state index contributed by atoms with van der Waals surface area (Å²) >= 11 is 0. The van der Waals surface area contributed by atoms with Gasteiger partial charge in [0.25, 0.3) is 0 Å². The Morgan fingerprint density at radius 1 is 0.949 bits per heavy atom. The molecule has 0 N–H and O–H groups in total. The molecule has 0 atom stereocenters. The van der Waals surface area contributed by atoms with Gasteiger partial charge in [-0.3, -0.25) is 4.90 Å². The molecule has 2 heterocycles. The van der Waals surface area contributed by atoms with Gasteiger partial charge in [0.2, 0.25) is 9.84 Å². The van der Waals surface area contributed by atoms with E-state index < -0.39 is 9.84 Å². The Bertz CT molecular complexity index is 1560. The predicted molar refractivity (Wildman–Crippen MR) is 151 cm³/mol. The van der Waals surface area contributed by atoms with Crippen molar-refractivity contribution >= 4 is 20.8 Å². The molecule has 1 aromatic heterocycles. The molecular weight excluding hydrogens is 514 g/mol. The molecule has 39 heavy (non-hydrogen) atoms. The van der Waals surface area contributed by atoms with Crippen LogP contribution in [0.2, 0.25) is 0 Å². The standard InChI is InChI=1S/C31H35NO6S/c1-21(2)30-31(26-8-5-6-9-27(26)38-30)39(33,34)25-12-10-24(11-13-25)37-17-7-15-32-16-14-22-18-28(35-3)29(36-4)19-23(22)20-32/h5-6,8-13,18-19,21H,7,14-17,20H2,1-4H3. The number of furan rings is 1. The van der Waals surface area contributed by atoms with Crippen LogP contribution in [0.5, 0.6) is 17.2 Å². The molecule has 0 radical (unpaired) electrons. The van der Waals surface area contributed by atoms with Gasteiger partial charge in [-0.15, -0.1) is 0 Å². The monoisotopic (exact) mass is 549 g/mol. The van der Waals surface area contributed by atoms with Gasteiger partial charge in [0.05, 0.1) is 25.7 Å². The maximum absolute atomic E-state index is 13.6. The fraction of sp³-hybridized carbons (Fsp3) is 0.355. The minimum absolute atomic E-state index is 0.0666. The number of nitrogens with zero attached hydrogens (tertiary/aromatic N) is 1. The number of methoxy groups -OCH3 is 2. The lowest BCUT2D eigenvalue weighted by Crippen LogP contribution is -2.32. The van der Waals surface area contributed by atoms with Crippen LogP contribution in [0.3, 0.4) is 0 Å². The molecule has 0 aliphatic carbocycles. The van der Waals surface area contributed by atoms with E-state index in [0.29, 0.717) is 29.1 Å². The van der Waals surface area contributed by atoms with E-state index in [4.69, 9.17) is 18.6 Å². The molecular formula is C31H35NO6S. The Kier molecular flexibility index (Phi) is 7.86. The SMILES string of the molecule is COc1cc2c(cc1OC)CN(CCCOc1ccc(S(=O)(=O)c3c(C(C)C)oc4ccccc34)cc1)CC2. The summed E-state index contributed by atoms with van der Waals surface area (Å²) in [5.41, 5.74) is 3.15. The number of sulfone groups is 1. The number of benzene rings is 3. The van der Waals surface area contributed by atoms with Crippen LogP contribution in [0.25, 0.3) is 11.0 Å². The zero-order valence-electron chi connectivity index (χ0n) is 22.9. The molecule has 3 aromatic carbocycles. The predicted octanol–water partition coefficient (Wildman–Crippen LogP) is 6.23. The summed E-state index contributed by atoms with van der Waals surface area (Å²) < 4.78 is 50.0. The first-order valence-corrected chi connectivity index (χ1v) is 14.8. The van der Waals surface area contributed by atoms with Crippen molar-refractivity contribution in [1.29, 1.82) is 0 Å². The van der Waals surface area contributed by atoms with Crippen molar-refractivity contribution in [3.63, 3.8) is 0 Å². The van der Waals surface area contributed by atoms with Crippen LogP contribution in [-0.2, 0) is 22.8 Å². The summed E-state index contributed by atoms with van der Waals surface area (Å²) in [5.74, 6) is 2.59. The molecule has 0 fully saturated rings. The van der Waals surface area contributed by atoms with Crippen LogP contribution >= 0.6 is 0 Å². The lowest BCUT2D eigenvalue weighted by molar-refractivity contribution is 0.220. The molecule has 0 bridgehead atoms. The first-order chi connectivity index (χ1) is 18.8. The molecule has 4 aromatic rings. The van der Waals surface area contributed by atoms with Crippen molar-refractivity contribution < 1.29 is 27.0 Å². The third-order valence-electron chi connectivity index (χ3n) is 7.19. The number of para-hydroxylation sites is 1. The highest BCUT2D eigenvalue weighted by molar-refractivity contribution is 7.91. The molecule has 0 saturated heterocycles. The largest absolute Gasteiger partial charge is 0.494 e. The third-order valence-corrected chi connectivity index (χ3v) is 9.04. The smallest absolute Gasteiger partial charge is 0.210 e. The molecule has 8 heteroatoms. The molecule has 0 saturated carbocycles. The van der Waals surface area contributed by atoms with Gasteiger partial charge in [0.15, 0.2) is 11.5 Å². The summed E-state index contributed by atoms with van der Waals surface area (Å²) in [6.45, 7) is 7.17. The van der Waals surface area contributed by atoms with Gasteiger partial charge < -0.3 is 18.6 Å². The average molecular weight is 550 g/mol. The second kappa shape index (κ2) is 11.3. The molecule has 0 amide bonds. The van der Waals surface area contributed by atoms with Crippen LogP contribution in [0.4, 0.5) is 0 Å². The van der Waals surface area contributed by atoms with E-state index in [1.54, 1.807) is 50.6 Å². The number of hydrogen-bond acceptors (Lipinski definition) is 7. The summed E-state index contributed by atoms with van der Waals surface area (Å²) in [5, 5.41) is 0.611. The van der Waals surface area contributed by atoms with Crippen molar-refractivity contribution in [2.45, 2.75) is 48.9 Å². The van der Waals surface area contributed by atoms with Crippen LogP contribution in [0.1, 0.15) is 43.1 Å². The van der Waals surface area contributed by atoms with Crippen molar-refractivity contribution in [3.8, 4) is 17.2 Å². The molecule has 7 nitrogen and oxygen atoms in total. The van der Waals surface area contributed by atoms with Gasteiger partial charge in [-0.05, 0) is 72.5 Å². The van der Waals surface area contributed by atoms with E-state index in [0.717, 1.165) is 44.0 Å². The van der Waals surface area contributed by atoms with Gasteiger partial charge in [-0.25, -0.2) is 8.42 Å². The van der Waals surface area contributed by atoms with E-state index >= 15 is 0 Å². The van der Waals surface area contributed by atoms with Crippen molar-refractivity contribution in [3.05, 3.63) is 77.6 Å². The minimum Gasteiger partial charge on any atom is -0.494 e. The molecule has 1 aliphatic rings. The van der Waals surface area contributed by atoms with Gasteiger partial charge in [0.1, 0.15) is 22.0 Å². The fourth-order valence-corrected chi connectivity index (χ4v) is 6.87. The summed E-state index contributed by atoms with van der Waals surface area (Å²) in [6.07, 6.45) is 1.83. The minimum atomic E-state index is -3.76. The van der Waals surface area contributed by atoms with Crippen LogP contribution in [0.15, 0.2) is 74.9 Å². The van der Waals surface area contributed by atoms with Gasteiger partial charge in [0, 0.05) is 30.9 Å². The van der Waals surface area contributed by atoms with Crippen molar-refractivity contribution in [2.75, 3.05) is 33.9 Å². The first kappa shape index (κ1) is 27.1. The average Bonchev–Trinajstić information content (AvgIpc) is 3.36. The maximum atomic E-state index is 13.6. The van der Waals surface area contributed by atoms with E-state index in [1.165, 1.54) is 11.1 Å². The Labute approximate surface area is 230 Å². The lowest BCUT2D eigenvalue weighted by atomic mass is 9.98. The van der Waals surface area contributed by atoms with Gasteiger partial charge in [-0.1, -0.05) is 26.0 Å². The normalized spacial score (nSPS) is 14.0. The Hall–Kier alpha value is -3.49. The third kappa shape index (κ3) is 5.49. The summed E-state index contributed by atoms with van der Waals surface area (Å²) in [4.78, 5) is 2.89. The number of ether oxygens (including phenoxy) is 3. The zero-order valence-corrected chi connectivity index (χ0v) is 23.7. The van der Waals surface area contributed by atoms with E-state index in [1.807, 2.05) is 26.0 Å². The first-order valence-electron chi connectivity index (χ1n) is 13.3.